The predicted octanol–water partition coefficient (Wildman–Crippen LogP) is 3.88. The van der Waals surface area contributed by atoms with Gasteiger partial charge in [0.1, 0.15) is 6.54 Å². The molecular formula is C26H25ClN2O7S. The molecule has 3 aromatic carbocycles. The van der Waals surface area contributed by atoms with Gasteiger partial charge in [-0.2, -0.15) is 0 Å². The second-order valence-corrected chi connectivity index (χ2v) is 10.5. The summed E-state index contributed by atoms with van der Waals surface area (Å²) in [5.41, 5.74) is 1.96. The number of anilines is 1. The van der Waals surface area contributed by atoms with Crippen molar-refractivity contribution >= 4 is 45.2 Å². The standard InChI is InChI=1S/C26H25ClN2O7S/c1-17-22(27)6-3-7-23(17)29(16-24(30)28-15-19-4-2-5-20(14-19)26(33)34)37(35,36)21-11-8-18(9-12-21)10-13-25(31)32/h2-9,11-12,14H,10,13,15-16H2,1H3,(H,28,30)(H,31,32)(H,33,34). The maximum absolute atomic E-state index is 13.6. The van der Waals surface area contributed by atoms with E-state index < -0.39 is 34.4 Å². The van der Waals surface area contributed by atoms with Gasteiger partial charge in [-0.1, -0.05) is 41.9 Å². The molecule has 3 N–H and O–H groups in total. The van der Waals surface area contributed by atoms with Gasteiger partial charge in [0.25, 0.3) is 10.0 Å². The van der Waals surface area contributed by atoms with E-state index in [1.165, 1.54) is 36.4 Å². The largest absolute Gasteiger partial charge is 0.481 e. The first-order valence-corrected chi connectivity index (χ1v) is 13.0. The number of carbonyl (C=O) groups excluding carboxylic acids is 1. The van der Waals surface area contributed by atoms with Gasteiger partial charge in [0.15, 0.2) is 0 Å². The van der Waals surface area contributed by atoms with Crippen LogP contribution in [0, 0.1) is 6.92 Å². The zero-order valence-corrected chi connectivity index (χ0v) is 21.4. The van der Waals surface area contributed by atoms with Crippen LogP contribution >= 0.6 is 11.6 Å². The Hall–Kier alpha value is -3.89. The van der Waals surface area contributed by atoms with Gasteiger partial charge in [-0.25, -0.2) is 13.2 Å². The SMILES string of the molecule is Cc1c(Cl)cccc1N(CC(=O)NCc1cccc(C(=O)O)c1)S(=O)(=O)c1ccc(CCC(=O)O)cc1. The summed E-state index contributed by atoms with van der Waals surface area (Å²) in [7, 11) is -4.22. The van der Waals surface area contributed by atoms with Crippen LogP contribution in [0.3, 0.4) is 0 Å². The predicted molar refractivity (Wildman–Crippen MR) is 138 cm³/mol. The van der Waals surface area contributed by atoms with Gasteiger partial charge in [0.05, 0.1) is 16.1 Å². The van der Waals surface area contributed by atoms with Crippen LogP contribution in [0.4, 0.5) is 5.69 Å². The van der Waals surface area contributed by atoms with E-state index in [1.807, 2.05) is 0 Å². The van der Waals surface area contributed by atoms with Crippen LogP contribution in [0.1, 0.15) is 33.5 Å². The highest BCUT2D eigenvalue weighted by molar-refractivity contribution is 7.92. The number of nitrogens with one attached hydrogen (secondary N) is 1. The molecule has 3 rings (SSSR count). The third-order valence-electron chi connectivity index (χ3n) is 5.60. The Morgan fingerprint density at radius 3 is 2.27 bits per heavy atom. The van der Waals surface area contributed by atoms with Crippen LogP contribution in [0.25, 0.3) is 0 Å². The lowest BCUT2D eigenvalue weighted by Crippen LogP contribution is -2.41. The number of halogens is 1. The minimum absolute atomic E-state index is 0.000638. The Morgan fingerprint density at radius 1 is 0.946 bits per heavy atom. The first kappa shape index (κ1) is 27.7. The molecule has 0 heterocycles. The fraction of sp³-hybridized carbons (Fsp3) is 0.192. The molecule has 9 nitrogen and oxygen atoms in total. The number of amides is 1. The lowest BCUT2D eigenvalue weighted by atomic mass is 10.1. The number of hydrogen-bond acceptors (Lipinski definition) is 5. The van der Waals surface area contributed by atoms with Gasteiger partial charge in [-0.15, -0.1) is 0 Å². The monoisotopic (exact) mass is 544 g/mol. The topological polar surface area (TPSA) is 141 Å². The van der Waals surface area contributed by atoms with E-state index in [0.29, 0.717) is 21.7 Å². The van der Waals surface area contributed by atoms with Crippen molar-refractivity contribution in [3.05, 3.63) is 94.0 Å². The second kappa shape index (κ2) is 11.9. The van der Waals surface area contributed by atoms with Crippen LogP contribution in [0.2, 0.25) is 5.02 Å². The van der Waals surface area contributed by atoms with Gasteiger partial charge >= 0.3 is 11.9 Å². The van der Waals surface area contributed by atoms with E-state index in [0.717, 1.165) is 4.31 Å². The molecule has 37 heavy (non-hydrogen) atoms. The number of nitrogens with zero attached hydrogens (tertiary/aromatic N) is 1. The van der Waals surface area contributed by atoms with Gasteiger partial charge in [0.2, 0.25) is 5.91 Å². The molecule has 3 aromatic rings. The Labute approximate surface area is 219 Å². The smallest absolute Gasteiger partial charge is 0.335 e. The molecule has 0 aromatic heterocycles. The molecule has 0 unspecified atom stereocenters. The number of carbonyl (C=O) groups is 3. The van der Waals surface area contributed by atoms with Crippen molar-refractivity contribution in [3.63, 3.8) is 0 Å². The van der Waals surface area contributed by atoms with Gasteiger partial charge in [-0.3, -0.25) is 13.9 Å². The molecule has 0 fully saturated rings. The first-order chi connectivity index (χ1) is 17.5. The first-order valence-electron chi connectivity index (χ1n) is 11.2. The van der Waals surface area contributed by atoms with E-state index in [2.05, 4.69) is 5.32 Å². The van der Waals surface area contributed by atoms with Crippen LogP contribution in [0.5, 0.6) is 0 Å². The van der Waals surface area contributed by atoms with E-state index in [9.17, 15) is 22.8 Å². The molecule has 1 amide bonds. The minimum atomic E-state index is -4.22. The fourth-order valence-corrected chi connectivity index (χ4v) is 5.22. The van der Waals surface area contributed by atoms with E-state index >= 15 is 0 Å². The number of hydrogen-bond donors (Lipinski definition) is 3. The molecule has 0 aliphatic carbocycles. The molecule has 0 aliphatic rings. The van der Waals surface area contributed by atoms with Gasteiger partial charge < -0.3 is 15.5 Å². The number of aromatic carboxylic acids is 1. The van der Waals surface area contributed by atoms with Crippen LogP contribution in [0.15, 0.2) is 71.6 Å². The summed E-state index contributed by atoms with van der Waals surface area (Å²) in [6.45, 7) is 1.09. The molecule has 0 radical (unpaired) electrons. The number of sulfonamides is 1. The lowest BCUT2D eigenvalue weighted by molar-refractivity contribution is -0.137. The number of aliphatic carboxylic acids is 1. The van der Waals surface area contributed by atoms with Crippen molar-refractivity contribution in [2.45, 2.75) is 31.2 Å². The quantitative estimate of drug-likeness (QED) is 0.332. The van der Waals surface area contributed by atoms with E-state index in [1.54, 1.807) is 37.3 Å². The lowest BCUT2D eigenvalue weighted by Gasteiger charge is -2.26. The Balaban J connectivity index is 1.87. The average molecular weight is 545 g/mol. The molecule has 0 aliphatic heterocycles. The summed E-state index contributed by atoms with van der Waals surface area (Å²) in [4.78, 5) is 34.8. The highest BCUT2D eigenvalue weighted by atomic mass is 35.5. The van der Waals surface area contributed by atoms with Gasteiger partial charge in [-0.05, 0) is 66.4 Å². The van der Waals surface area contributed by atoms with Crippen molar-refractivity contribution in [1.29, 1.82) is 0 Å². The fourth-order valence-electron chi connectivity index (χ4n) is 3.57. The summed E-state index contributed by atoms with van der Waals surface area (Å²) in [6, 6.07) is 16.6. The number of carboxylic acid groups (broad SMARTS) is 2. The van der Waals surface area contributed by atoms with E-state index in [4.69, 9.17) is 21.8 Å². The molecule has 194 valence electrons. The van der Waals surface area contributed by atoms with Crippen molar-refractivity contribution in [2.24, 2.45) is 0 Å². The number of aryl methyl sites for hydroxylation is 1. The van der Waals surface area contributed by atoms with Crippen molar-refractivity contribution in [2.75, 3.05) is 10.8 Å². The highest BCUT2D eigenvalue weighted by Gasteiger charge is 2.29. The maximum Gasteiger partial charge on any atom is 0.335 e. The number of carboxylic acids is 2. The van der Waals surface area contributed by atoms with Crippen molar-refractivity contribution in [1.82, 2.24) is 5.32 Å². The third-order valence-corrected chi connectivity index (χ3v) is 7.78. The summed E-state index contributed by atoms with van der Waals surface area (Å²) in [5, 5.41) is 21.0. The Bertz CT molecular complexity index is 1420. The maximum atomic E-state index is 13.6. The third kappa shape index (κ3) is 7.08. The molecular weight excluding hydrogens is 520 g/mol. The Morgan fingerprint density at radius 2 is 1.62 bits per heavy atom. The van der Waals surface area contributed by atoms with Crippen molar-refractivity contribution in [3.8, 4) is 0 Å². The van der Waals surface area contributed by atoms with Crippen LogP contribution in [-0.2, 0) is 32.6 Å². The second-order valence-electron chi connectivity index (χ2n) is 8.22. The average Bonchev–Trinajstić information content (AvgIpc) is 2.87. The summed E-state index contributed by atoms with van der Waals surface area (Å²) >= 11 is 6.24. The Kier molecular flexibility index (Phi) is 8.90. The summed E-state index contributed by atoms with van der Waals surface area (Å²) < 4.78 is 28.3. The zero-order chi connectivity index (χ0) is 27.2. The van der Waals surface area contributed by atoms with E-state index in [-0.39, 0.29) is 35.5 Å². The summed E-state index contributed by atoms with van der Waals surface area (Å²) in [6.07, 6.45) is 0.160. The highest BCUT2D eigenvalue weighted by Crippen LogP contribution is 2.31. The molecule has 0 saturated heterocycles. The zero-order valence-electron chi connectivity index (χ0n) is 19.8. The number of benzene rings is 3. The van der Waals surface area contributed by atoms with Crippen LogP contribution < -0.4 is 9.62 Å². The molecule has 0 saturated carbocycles. The molecule has 0 atom stereocenters. The summed E-state index contributed by atoms with van der Waals surface area (Å²) in [5.74, 6) is -2.67. The normalized spacial score (nSPS) is 11.1. The molecule has 0 bridgehead atoms. The molecule has 11 heteroatoms. The minimum Gasteiger partial charge on any atom is -0.481 e. The number of rotatable bonds is 11. The molecule has 0 spiro atoms. The van der Waals surface area contributed by atoms with Gasteiger partial charge in [0, 0.05) is 18.0 Å². The van der Waals surface area contributed by atoms with Crippen LogP contribution in [-0.4, -0.2) is 43.0 Å². The van der Waals surface area contributed by atoms with Crippen molar-refractivity contribution < 1.29 is 33.0 Å².